The lowest BCUT2D eigenvalue weighted by molar-refractivity contribution is -0.117. The smallest absolute Gasteiger partial charge is 0.219 e. The molecule has 3 rings (SSSR count). The van der Waals surface area contributed by atoms with Crippen molar-refractivity contribution in [1.29, 1.82) is 0 Å². The van der Waals surface area contributed by atoms with Gasteiger partial charge in [-0.25, -0.2) is 15.0 Å². The molecule has 3 aromatic rings. The highest BCUT2D eigenvalue weighted by atomic mass is 35.5. The first-order valence-electron chi connectivity index (χ1n) is 9.65. The van der Waals surface area contributed by atoms with Crippen LogP contribution in [-0.4, -0.2) is 20.7 Å². The summed E-state index contributed by atoms with van der Waals surface area (Å²) >= 11 is 5.82. The molecule has 0 aliphatic heterocycles. The summed E-state index contributed by atoms with van der Waals surface area (Å²) in [5.74, 6) is 2.60. The maximum Gasteiger partial charge on any atom is 0.219 e. The maximum absolute atomic E-state index is 11.2. The monoisotopic (exact) mass is 409 g/mol. The lowest BCUT2D eigenvalue weighted by Crippen LogP contribution is -2.04. The first-order valence-corrected chi connectivity index (χ1v) is 10.0. The number of ether oxygens (including phenoxy) is 1. The molecule has 0 aliphatic rings. The van der Waals surface area contributed by atoms with Crippen LogP contribution in [0, 0.1) is 5.92 Å². The van der Waals surface area contributed by atoms with Gasteiger partial charge in [-0.2, -0.15) is 0 Å². The van der Waals surface area contributed by atoms with E-state index < -0.39 is 0 Å². The fourth-order valence-corrected chi connectivity index (χ4v) is 3.26. The number of aryl methyl sites for hydroxylation is 2. The highest BCUT2D eigenvalue weighted by Gasteiger charge is 2.08. The summed E-state index contributed by atoms with van der Waals surface area (Å²) in [5, 5.41) is 0.535. The number of benzene rings is 1. The molecule has 0 radical (unpaired) electrons. The van der Waals surface area contributed by atoms with E-state index >= 15 is 0 Å². The molecule has 0 fully saturated rings. The Balaban J connectivity index is 1.56. The Morgan fingerprint density at radius 2 is 1.76 bits per heavy atom. The number of halogens is 1. The Morgan fingerprint density at radius 1 is 1.03 bits per heavy atom. The highest BCUT2D eigenvalue weighted by molar-refractivity contribution is 6.30. The molecule has 1 atom stereocenters. The van der Waals surface area contributed by atoms with Gasteiger partial charge in [0, 0.05) is 37.5 Å². The third-order valence-electron chi connectivity index (χ3n) is 4.48. The number of aromatic nitrogens is 3. The summed E-state index contributed by atoms with van der Waals surface area (Å²) in [7, 11) is 0. The largest absolute Gasteiger partial charge is 0.439 e. The number of pyridine rings is 1. The Hall–Kier alpha value is -2.79. The van der Waals surface area contributed by atoms with Crippen molar-refractivity contribution in [3.8, 4) is 11.6 Å². The molecule has 6 heteroatoms. The average Bonchev–Trinajstić information content (AvgIpc) is 2.69. The molecule has 0 saturated carbocycles. The molecule has 0 aliphatic carbocycles. The van der Waals surface area contributed by atoms with Crippen molar-refractivity contribution < 1.29 is 9.53 Å². The van der Waals surface area contributed by atoms with Crippen molar-refractivity contribution in [2.75, 3.05) is 0 Å². The van der Waals surface area contributed by atoms with Gasteiger partial charge in [-0.1, -0.05) is 30.7 Å². The first kappa shape index (κ1) is 20.9. The zero-order valence-electron chi connectivity index (χ0n) is 16.6. The summed E-state index contributed by atoms with van der Waals surface area (Å²) < 4.78 is 5.90. The van der Waals surface area contributed by atoms with Crippen molar-refractivity contribution in [2.45, 2.75) is 39.5 Å². The molecular weight excluding hydrogens is 386 g/mol. The number of carbonyl (C=O) groups is 1. The van der Waals surface area contributed by atoms with E-state index in [-0.39, 0.29) is 5.78 Å². The first-order chi connectivity index (χ1) is 14.0. The number of ketones is 1. The predicted octanol–water partition coefficient (Wildman–Crippen LogP) is 5.26. The zero-order chi connectivity index (χ0) is 20.6. The zero-order valence-corrected chi connectivity index (χ0v) is 17.4. The van der Waals surface area contributed by atoms with Gasteiger partial charge in [0.1, 0.15) is 17.4 Å². The quantitative estimate of drug-likeness (QED) is 0.482. The normalized spacial score (nSPS) is 11.8. The minimum absolute atomic E-state index is 0.228. The number of carbonyl (C=O) groups excluding carboxylic acids is 1. The topological polar surface area (TPSA) is 65.0 Å². The Kier molecular flexibility index (Phi) is 7.30. The molecule has 1 unspecified atom stereocenters. The van der Waals surface area contributed by atoms with Crippen LogP contribution < -0.4 is 4.74 Å². The predicted molar refractivity (Wildman–Crippen MR) is 113 cm³/mol. The standard InChI is InChI=1S/C23H24ClN3O2/c1-16(11-17(2)28)12-18-3-6-21(7-4-18)29-23-13-19(9-10-25-23)5-8-22-26-14-20(24)15-27-22/h3-4,6-7,9-10,13-16H,5,8,11-12H2,1-2H3. The minimum Gasteiger partial charge on any atom is -0.439 e. The molecule has 5 nitrogen and oxygen atoms in total. The van der Waals surface area contributed by atoms with Gasteiger partial charge in [-0.15, -0.1) is 0 Å². The van der Waals surface area contributed by atoms with Gasteiger partial charge in [0.05, 0.1) is 5.02 Å². The van der Waals surface area contributed by atoms with E-state index in [1.165, 1.54) is 5.56 Å². The minimum atomic E-state index is 0.228. The van der Waals surface area contributed by atoms with E-state index in [2.05, 4.69) is 21.9 Å². The Bertz CT molecular complexity index is 943. The van der Waals surface area contributed by atoms with E-state index in [4.69, 9.17) is 16.3 Å². The van der Waals surface area contributed by atoms with Gasteiger partial charge >= 0.3 is 0 Å². The van der Waals surface area contributed by atoms with E-state index in [1.807, 2.05) is 36.4 Å². The summed E-state index contributed by atoms with van der Waals surface area (Å²) in [6.45, 7) is 3.73. The SMILES string of the molecule is CC(=O)CC(C)Cc1ccc(Oc2cc(CCc3ncc(Cl)cn3)ccn2)cc1. The molecule has 0 spiro atoms. The molecule has 2 aromatic heterocycles. The van der Waals surface area contributed by atoms with Gasteiger partial charge in [0.2, 0.25) is 5.88 Å². The van der Waals surface area contributed by atoms with Crippen LogP contribution in [0.1, 0.15) is 37.2 Å². The fourth-order valence-electron chi connectivity index (χ4n) is 3.17. The van der Waals surface area contributed by atoms with Gasteiger partial charge < -0.3 is 9.53 Å². The number of Topliss-reactive ketones (excluding diaryl/α,β-unsaturated/α-hetero) is 1. The molecule has 0 bridgehead atoms. The second kappa shape index (κ2) is 10.1. The second-order valence-electron chi connectivity index (χ2n) is 7.28. The van der Waals surface area contributed by atoms with Gasteiger partial charge in [-0.3, -0.25) is 0 Å². The molecule has 150 valence electrons. The molecule has 1 aromatic carbocycles. The van der Waals surface area contributed by atoms with E-state index in [0.29, 0.717) is 29.7 Å². The Labute approximate surface area is 176 Å². The lowest BCUT2D eigenvalue weighted by atomic mass is 9.96. The van der Waals surface area contributed by atoms with Crippen molar-refractivity contribution in [1.82, 2.24) is 15.0 Å². The molecule has 2 heterocycles. The van der Waals surface area contributed by atoms with Gasteiger partial charge in [0.15, 0.2) is 0 Å². The average molecular weight is 410 g/mol. The molecule has 29 heavy (non-hydrogen) atoms. The van der Waals surface area contributed by atoms with Crippen LogP contribution in [0.5, 0.6) is 11.6 Å². The number of rotatable bonds is 9. The maximum atomic E-state index is 11.2. The highest BCUT2D eigenvalue weighted by Crippen LogP contribution is 2.22. The van der Waals surface area contributed by atoms with Gasteiger partial charge in [0.25, 0.3) is 0 Å². The second-order valence-corrected chi connectivity index (χ2v) is 7.72. The number of hydrogen-bond donors (Lipinski definition) is 0. The van der Waals surface area contributed by atoms with Crippen LogP contribution in [0.4, 0.5) is 0 Å². The van der Waals surface area contributed by atoms with Crippen molar-refractivity contribution in [3.63, 3.8) is 0 Å². The van der Waals surface area contributed by atoms with Crippen molar-refractivity contribution in [3.05, 3.63) is 77.0 Å². The van der Waals surface area contributed by atoms with Crippen LogP contribution in [-0.2, 0) is 24.1 Å². The molecule has 0 saturated heterocycles. The van der Waals surface area contributed by atoms with E-state index in [1.54, 1.807) is 25.5 Å². The summed E-state index contributed by atoms with van der Waals surface area (Å²) in [6.07, 6.45) is 7.94. The van der Waals surface area contributed by atoms with Crippen molar-refractivity contribution >= 4 is 17.4 Å². The molecule has 0 N–H and O–H groups in total. The third-order valence-corrected chi connectivity index (χ3v) is 4.67. The third kappa shape index (κ3) is 6.95. The van der Waals surface area contributed by atoms with Gasteiger partial charge in [-0.05, 0) is 55.0 Å². The van der Waals surface area contributed by atoms with Crippen LogP contribution in [0.3, 0.4) is 0 Å². The lowest BCUT2D eigenvalue weighted by Gasteiger charge is -2.10. The van der Waals surface area contributed by atoms with E-state index in [9.17, 15) is 4.79 Å². The van der Waals surface area contributed by atoms with Crippen molar-refractivity contribution in [2.24, 2.45) is 5.92 Å². The summed E-state index contributed by atoms with van der Waals surface area (Å²) in [4.78, 5) is 24.0. The van der Waals surface area contributed by atoms with E-state index in [0.717, 1.165) is 30.0 Å². The van der Waals surface area contributed by atoms with Crippen LogP contribution in [0.15, 0.2) is 55.0 Å². The number of nitrogens with zero attached hydrogens (tertiary/aromatic N) is 3. The Morgan fingerprint density at radius 3 is 2.45 bits per heavy atom. The van der Waals surface area contributed by atoms with Crippen LogP contribution >= 0.6 is 11.6 Å². The fraction of sp³-hybridized carbons (Fsp3) is 0.304. The summed E-state index contributed by atoms with van der Waals surface area (Å²) in [5.41, 5.74) is 2.29. The molecule has 0 amide bonds. The number of hydrogen-bond acceptors (Lipinski definition) is 5. The van der Waals surface area contributed by atoms with Crippen LogP contribution in [0.2, 0.25) is 5.02 Å². The summed E-state index contributed by atoms with van der Waals surface area (Å²) in [6, 6.07) is 11.8. The molecular formula is C23H24ClN3O2. The van der Waals surface area contributed by atoms with Crippen LogP contribution in [0.25, 0.3) is 0 Å².